The number of rotatable bonds is 6. The molecule has 0 aliphatic heterocycles. The number of nitrogens with zero attached hydrogens (tertiary/aromatic N) is 4. The molecule has 140 valence electrons. The molecule has 0 radical (unpaired) electrons. The largest absolute Gasteiger partial charge is 0.357 e. The molecule has 3 rings (SSSR count). The molecule has 1 aromatic heterocycles. The van der Waals surface area contributed by atoms with Crippen LogP contribution in [0.3, 0.4) is 0 Å². The van der Waals surface area contributed by atoms with Crippen molar-refractivity contribution in [2.45, 2.75) is 0 Å². The van der Waals surface area contributed by atoms with Crippen LogP contribution in [0.25, 0.3) is 0 Å². The maximum Gasteiger partial charge on any atom is 0.250 e. The summed E-state index contributed by atoms with van der Waals surface area (Å²) in [4.78, 5) is 12.8. The molecule has 10 heteroatoms. The molecule has 0 saturated heterocycles. The van der Waals surface area contributed by atoms with E-state index in [4.69, 9.17) is 23.2 Å². The SMILES string of the molecule is CNc1nc(N/N=C/c2cccc(Cl)c2Cl)nc(Nc2ccccc2)n1.Cl. The summed E-state index contributed by atoms with van der Waals surface area (Å²) in [5.41, 5.74) is 4.31. The topological polar surface area (TPSA) is 87.1 Å². The van der Waals surface area contributed by atoms with Crippen LogP contribution in [0, 0.1) is 0 Å². The number of halogens is 3. The van der Waals surface area contributed by atoms with Gasteiger partial charge in [-0.2, -0.15) is 20.1 Å². The van der Waals surface area contributed by atoms with Crippen LogP contribution in [0.15, 0.2) is 53.6 Å². The number of aromatic nitrogens is 3. The van der Waals surface area contributed by atoms with Gasteiger partial charge >= 0.3 is 0 Å². The van der Waals surface area contributed by atoms with E-state index in [9.17, 15) is 0 Å². The molecular formula is C17H16Cl3N7. The minimum Gasteiger partial charge on any atom is -0.357 e. The summed E-state index contributed by atoms with van der Waals surface area (Å²) in [5, 5.41) is 11.0. The Kier molecular flexibility index (Phi) is 7.60. The molecule has 0 fully saturated rings. The van der Waals surface area contributed by atoms with Gasteiger partial charge in [-0.05, 0) is 18.2 Å². The van der Waals surface area contributed by atoms with Gasteiger partial charge in [0, 0.05) is 18.3 Å². The summed E-state index contributed by atoms with van der Waals surface area (Å²) in [6.45, 7) is 0. The van der Waals surface area contributed by atoms with E-state index in [2.05, 4.69) is 36.1 Å². The van der Waals surface area contributed by atoms with Gasteiger partial charge < -0.3 is 10.6 Å². The van der Waals surface area contributed by atoms with Gasteiger partial charge in [0.15, 0.2) is 0 Å². The van der Waals surface area contributed by atoms with Crippen molar-refractivity contribution >= 4 is 65.4 Å². The third kappa shape index (κ3) is 5.68. The molecule has 7 nitrogen and oxygen atoms in total. The monoisotopic (exact) mass is 423 g/mol. The van der Waals surface area contributed by atoms with Crippen LogP contribution < -0.4 is 16.1 Å². The molecule has 0 saturated carbocycles. The maximum absolute atomic E-state index is 6.13. The van der Waals surface area contributed by atoms with Gasteiger partial charge in [0.1, 0.15) is 0 Å². The normalized spacial score (nSPS) is 10.3. The van der Waals surface area contributed by atoms with Gasteiger partial charge in [-0.1, -0.05) is 53.5 Å². The van der Waals surface area contributed by atoms with Crippen LogP contribution in [-0.2, 0) is 0 Å². The first-order valence-corrected chi connectivity index (χ1v) is 8.40. The zero-order chi connectivity index (χ0) is 18.4. The zero-order valence-corrected chi connectivity index (χ0v) is 16.5. The molecule has 27 heavy (non-hydrogen) atoms. The van der Waals surface area contributed by atoms with E-state index in [1.807, 2.05) is 30.3 Å². The highest BCUT2D eigenvalue weighted by Crippen LogP contribution is 2.24. The van der Waals surface area contributed by atoms with Crippen molar-refractivity contribution < 1.29 is 0 Å². The van der Waals surface area contributed by atoms with E-state index in [0.29, 0.717) is 27.5 Å². The van der Waals surface area contributed by atoms with E-state index in [0.717, 1.165) is 5.69 Å². The van der Waals surface area contributed by atoms with Gasteiger partial charge in [-0.25, -0.2) is 5.43 Å². The summed E-state index contributed by atoms with van der Waals surface area (Å²) in [6.07, 6.45) is 1.54. The van der Waals surface area contributed by atoms with E-state index >= 15 is 0 Å². The number of hydrogen-bond donors (Lipinski definition) is 3. The summed E-state index contributed by atoms with van der Waals surface area (Å²) in [7, 11) is 1.72. The van der Waals surface area contributed by atoms with Crippen LogP contribution in [0.1, 0.15) is 5.56 Å². The molecule has 0 amide bonds. The van der Waals surface area contributed by atoms with Crippen LogP contribution in [0.4, 0.5) is 23.5 Å². The van der Waals surface area contributed by atoms with Crippen molar-refractivity contribution in [1.29, 1.82) is 0 Å². The summed E-state index contributed by atoms with van der Waals surface area (Å²) < 4.78 is 0. The molecule has 0 spiro atoms. The first-order valence-electron chi connectivity index (χ1n) is 7.64. The molecule has 3 aromatic rings. The summed E-state index contributed by atoms with van der Waals surface area (Å²) >= 11 is 12.1. The lowest BCUT2D eigenvalue weighted by Crippen LogP contribution is -2.07. The van der Waals surface area contributed by atoms with Gasteiger partial charge in [0.05, 0.1) is 16.3 Å². The number of para-hydroxylation sites is 1. The number of benzene rings is 2. The number of nitrogens with one attached hydrogen (secondary N) is 3. The first kappa shape index (κ1) is 20.7. The minimum atomic E-state index is 0. The quantitative estimate of drug-likeness (QED) is 0.388. The lowest BCUT2D eigenvalue weighted by atomic mass is 10.2. The second kappa shape index (κ2) is 9.91. The zero-order valence-electron chi connectivity index (χ0n) is 14.1. The smallest absolute Gasteiger partial charge is 0.250 e. The van der Waals surface area contributed by atoms with Crippen molar-refractivity contribution in [3.05, 3.63) is 64.1 Å². The Hall–Kier alpha value is -2.61. The highest BCUT2D eigenvalue weighted by molar-refractivity contribution is 6.43. The molecule has 0 atom stereocenters. The summed E-state index contributed by atoms with van der Waals surface area (Å²) in [5.74, 6) is 1.06. The standard InChI is InChI=1S/C17H15Cl2N7.ClH/c1-20-15-23-16(22-12-7-3-2-4-8-12)25-17(24-15)26-21-10-11-6-5-9-13(18)14(11)19;/h2-10H,1H3,(H3,20,22,23,24,25,26);1H/b21-10+;. The van der Waals surface area contributed by atoms with E-state index < -0.39 is 0 Å². The number of hydrogen-bond acceptors (Lipinski definition) is 7. The summed E-state index contributed by atoms with van der Waals surface area (Å²) in [6, 6.07) is 14.9. The fourth-order valence-corrected chi connectivity index (χ4v) is 2.38. The molecular weight excluding hydrogens is 409 g/mol. The highest BCUT2D eigenvalue weighted by atomic mass is 35.5. The van der Waals surface area contributed by atoms with Gasteiger partial charge in [0.2, 0.25) is 17.8 Å². The van der Waals surface area contributed by atoms with Crippen molar-refractivity contribution in [3.8, 4) is 0 Å². The van der Waals surface area contributed by atoms with Crippen LogP contribution in [0.5, 0.6) is 0 Å². The Labute approximate surface area is 172 Å². The van der Waals surface area contributed by atoms with Crippen LogP contribution in [0.2, 0.25) is 10.0 Å². The average molecular weight is 425 g/mol. The molecule has 0 bridgehead atoms. The Morgan fingerprint density at radius 2 is 1.59 bits per heavy atom. The van der Waals surface area contributed by atoms with Gasteiger partial charge in [-0.15, -0.1) is 12.4 Å². The first-order chi connectivity index (χ1) is 12.7. The third-order valence-corrected chi connectivity index (χ3v) is 4.07. The molecule has 0 unspecified atom stereocenters. The number of anilines is 4. The highest BCUT2D eigenvalue weighted by Gasteiger charge is 2.06. The fraction of sp³-hybridized carbons (Fsp3) is 0.0588. The van der Waals surface area contributed by atoms with Gasteiger partial charge in [-0.3, -0.25) is 0 Å². The van der Waals surface area contributed by atoms with E-state index in [-0.39, 0.29) is 18.4 Å². The predicted molar refractivity (Wildman–Crippen MR) is 114 cm³/mol. The minimum absolute atomic E-state index is 0. The third-order valence-electron chi connectivity index (χ3n) is 3.24. The Morgan fingerprint density at radius 3 is 2.33 bits per heavy atom. The van der Waals surface area contributed by atoms with Crippen LogP contribution in [-0.4, -0.2) is 28.2 Å². The fourth-order valence-electron chi connectivity index (χ4n) is 2.02. The van der Waals surface area contributed by atoms with E-state index in [1.165, 1.54) is 0 Å². The van der Waals surface area contributed by atoms with Crippen LogP contribution >= 0.6 is 35.6 Å². The lowest BCUT2D eigenvalue weighted by molar-refractivity contribution is 1.04. The maximum atomic E-state index is 6.13. The van der Waals surface area contributed by atoms with Crippen molar-refractivity contribution in [3.63, 3.8) is 0 Å². The molecule has 0 aliphatic carbocycles. The van der Waals surface area contributed by atoms with E-state index in [1.54, 1.807) is 31.5 Å². The van der Waals surface area contributed by atoms with Crippen molar-refractivity contribution in [2.24, 2.45) is 5.10 Å². The Balaban J connectivity index is 0.00000261. The average Bonchev–Trinajstić information content (AvgIpc) is 2.66. The van der Waals surface area contributed by atoms with Crippen molar-refractivity contribution in [1.82, 2.24) is 15.0 Å². The lowest BCUT2D eigenvalue weighted by Gasteiger charge is -2.08. The molecule has 2 aromatic carbocycles. The Bertz CT molecular complexity index is 920. The molecule has 1 heterocycles. The molecule has 0 aliphatic rings. The predicted octanol–water partition coefficient (Wildman–Crippen LogP) is 4.83. The number of hydrazone groups is 1. The van der Waals surface area contributed by atoms with Gasteiger partial charge in [0.25, 0.3) is 0 Å². The molecule has 3 N–H and O–H groups in total. The second-order valence-corrected chi connectivity index (χ2v) is 5.85. The Morgan fingerprint density at radius 1 is 0.889 bits per heavy atom. The second-order valence-electron chi connectivity index (χ2n) is 5.06. The van der Waals surface area contributed by atoms with Crippen molar-refractivity contribution in [2.75, 3.05) is 23.1 Å².